The van der Waals surface area contributed by atoms with Crippen LogP contribution in [0, 0.1) is 11.8 Å². The molecular formula is C18H28N2O3. The number of amides is 1. The molecule has 0 bridgehead atoms. The first kappa shape index (κ1) is 17.8. The summed E-state index contributed by atoms with van der Waals surface area (Å²) in [4.78, 5) is 16.8. The van der Waals surface area contributed by atoms with Gasteiger partial charge in [0.15, 0.2) is 0 Å². The van der Waals surface area contributed by atoms with Gasteiger partial charge in [-0.1, -0.05) is 19.1 Å². The number of carbonyl (C=O) groups excluding carboxylic acids is 1. The molecule has 1 amide bonds. The lowest BCUT2D eigenvalue weighted by Gasteiger charge is -2.20. The van der Waals surface area contributed by atoms with Gasteiger partial charge in [-0.2, -0.15) is 0 Å². The average Bonchev–Trinajstić information content (AvgIpc) is 2.94. The van der Waals surface area contributed by atoms with Crippen LogP contribution < -0.4 is 4.74 Å². The van der Waals surface area contributed by atoms with Gasteiger partial charge in [0, 0.05) is 32.2 Å². The molecule has 1 heterocycles. The van der Waals surface area contributed by atoms with Crippen LogP contribution in [0.4, 0.5) is 0 Å². The predicted molar refractivity (Wildman–Crippen MR) is 90.8 cm³/mol. The van der Waals surface area contributed by atoms with Crippen molar-refractivity contribution in [2.24, 2.45) is 11.8 Å². The van der Waals surface area contributed by atoms with Gasteiger partial charge < -0.3 is 19.6 Å². The molecule has 1 aliphatic rings. The summed E-state index contributed by atoms with van der Waals surface area (Å²) >= 11 is 0. The highest BCUT2D eigenvalue weighted by atomic mass is 16.5. The molecule has 128 valence electrons. The minimum absolute atomic E-state index is 0.00332. The van der Waals surface area contributed by atoms with E-state index >= 15 is 0 Å². The van der Waals surface area contributed by atoms with Crippen LogP contribution in [0.3, 0.4) is 0 Å². The van der Waals surface area contributed by atoms with Crippen LogP contribution >= 0.6 is 0 Å². The molecule has 0 aromatic heterocycles. The topological polar surface area (TPSA) is 53.0 Å². The quantitative estimate of drug-likeness (QED) is 0.831. The van der Waals surface area contributed by atoms with Crippen molar-refractivity contribution in [1.82, 2.24) is 9.80 Å². The molecule has 0 spiro atoms. The summed E-state index contributed by atoms with van der Waals surface area (Å²) < 4.78 is 5.71. The summed E-state index contributed by atoms with van der Waals surface area (Å²) in [6.07, 6.45) is 0.906. The zero-order valence-electron chi connectivity index (χ0n) is 14.4. The third-order valence-corrected chi connectivity index (χ3v) is 4.28. The Labute approximate surface area is 138 Å². The Morgan fingerprint density at radius 1 is 1.30 bits per heavy atom. The van der Waals surface area contributed by atoms with Gasteiger partial charge in [-0.15, -0.1) is 0 Å². The first-order valence-electron chi connectivity index (χ1n) is 8.33. The molecular weight excluding hydrogens is 292 g/mol. The van der Waals surface area contributed by atoms with E-state index in [0.29, 0.717) is 36.9 Å². The summed E-state index contributed by atoms with van der Waals surface area (Å²) in [5.41, 5.74) is 0.614. The van der Waals surface area contributed by atoms with E-state index in [1.165, 1.54) is 0 Å². The van der Waals surface area contributed by atoms with Crippen molar-refractivity contribution >= 4 is 5.91 Å². The lowest BCUT2D eigenvalue weighted by atomic mass is 9.97. The van der Waals surface area contributed by atoms with Crippen LogP contribution in [0.2, 0.25) is 0 Å². The smallest absolute Gasteiger partial charge is 0.257 e. The third kappa shape index (κ3) is 4.45. The average molecular weight is 320 g/mol. The number of aliphatic hydroxyl groups excluding tert-OH is 1. The maximum atomic E-state index is 12.9. The second-order valence-electron chi connectivity index (χ2n) is 6.52. The summed E-state index contributed by atoms with van der Waals surface area (Å²) in [6.45, 7) is 4.94. The minimum Gasteiger partial charge on any atom is -0.493 e. The van der Waals surface area contributed by atoms with E-state index in [9.17, 15) is 9.90 Å². The molecule has 1 aliphatic heterocycles. The van der Waals surface area contributed by atoms with Crippen LogP contribution in [-0.2, 0) is 0 Å². The van der Waals surface area contributed by atoms with Gasteiger partial charge in [-0.25, -0.2) is 0 Å². The van der Waals surface area contributed by atoms with E-state index < -0.39 is 0 Å². The molecule has 2 rings (SSSR count). The van der Waals surface area contributed by atoms with Gasteiger partial charge in [0.05, 0.1) is 12.2 Å². The largest absolute Gasteiger partial charge is 0.493 e. The summed E-state index contributed by atoms with van der Waals surface area (Å²) in [6, 6.07) is 7.42. The van der Waals surface area contributed by atoms with Gasteiger partial charge in [-0.05, 0) is 38.6 Å². The Balaban J connectivity index is 2.12. The Hall–Kier alpha value is -1.59. The highest BCUT2D eigenvalue weighted by molar-refractivity contribution is 5.97. The monoisotopic (exact) mass is 320 g/mol. The number of benzene rings is 1. The molecule has 5 heteroatoms. The first-order valence-corrected chi connectivity index (χ1v) is 8.33. The van der Waals surface area contributed by atoms with E-state index in [1.807, 2.05) is 50.2 Å². The van der Waals surface area contributed by atoms with E-state index in [4.69, 9.17) is 4.74 Å². The van der Waals surface area contributed by atoms with E-state index in [-0.39, 0.29) is 18.4 Å². The minimum atomic E-state index is -0.00332. The van der Waals surface area contributed by atoms with Crippen molar-refractivity contribution in [2.45, 2.75) is 13.3 Å². The highest BCUT2D eigenvalue weighted by Gasteiger charge is 2.35. The molecule has 0 radical (unpaired) electrons. The van der Waals surface area contributed by atoms with Crippen molar-refractivity contribution in [3.05, 3.63) is 29.8 Å². The van der Waals surface area contributed by atoms with Gasteiger partial charge in [-0.3, -0.25) is 4.79 Å². The van der Waals surface area contributed by atoms with Gasteiger partial charge in [0.1, 0.15) is 5.75 Å². The highest BCUT2D eigenvalue weighted by Crippen LogP contribution is 2.27. The molecule has 23 heavy (non-hydrogen) atoms. The fraction of sp³-hybridized carbons (Fsp3) is 0.611. The number of nitrogens with zero attached hydrogens (tertiary/aromatic N) is 2. The zero-order chi connectivity index (χ0) is 16.8. The Bertz CT molecular complexity index is 519. The van der Waals surface area contributed by atoms with Crippen molar-refractivity contribution < 1.29 is 14.6 Å². The number of hydrogen-bond acceptors (Lipinski definition) is 4. The fourth-order valence-electron chi connectivity index (χ4n) is 3.14. The van der Waals surface area contributed by atoms with Crippen molar-refractivity contribution in [3.8, 4) is 5.75 Å². The predicted octanol–water partition coefficient (Wildman–Crippen LogP) is 1.72. The SMILES string of the molecule is CCCOc1ccccc1C(=O)N1C[C@@H](CN(C)C)[C@@H](CO)C1. The molecule has 0 saturated carbocycles. The second kappa shape index (κ2) is 8.31. The molecule has 1 saturated heterocycles. The Morgan fingerprint density at radius 3 is 2.65 bits per heavy atom. The van der Waals surface area contributed by atoms with Gasteiger partial charge >= 0.3 is 0 Å². The van der Waals surface area contributed by atoms with Crippen LogP contribution in [0.5, 0.6) is 5.75 Å². The van der Waals surface area contributed by atoms with Crippen molar-refractivity contribution in [2.75, 3.05) is 46.9 Å². The molecule has 1 aromatic rings. The van der Waals surface area contributed by atoms with Gasteiger partial charge in [0.2, 0.25) is 0 Å². The van der Waals surface area contributed by atoms with E-state index in [0.717, 1.165) is 13.0 Å². The first-order chi connectivity index (χ1) is 11.1. The molecule has 0 aliphatic carbocycles. The fourth-order valence-corrected chi connectivity index (χ4v) is 3.14. The van der Waals surface area contributed by atoms with Crippen molar-refractivity contribution in [3.63, 3.8) is 0 Å². The number of likely N-dealkylation sites (tertiary alicyclic amines) is 1. The molecule has 1 N–H and O–H groups in total. The van der Waals surface area contributed by atoms with Crippen LogP contribution in [0.1, 0.15) is 23.7 Å². The Morgan fingerprint density at radius 2 is 2.00 bits per heavy atom. The van der Waals surface area contributed by atoms with Crippen LogP contribution in [0.25, 0.3) is 0 Å². The maximum Gasteiger partial charge on any atom is 0.257 e. The lowest BCUT2D eigenvalue weighted by molar-refractivity contribution is 0.0775. The second-order valence-corrected chi connectivity index (χ2v) is 6.52. The maximum absolute atomic E-state index is 12.9. The molecule has 1 aromatic carbocycles. The van der Waals surface area contributed by atoms with Crippen LogP contribution in [-0.4, -0.2) is 67.8 Å². The molecule has 0 unspecified atom stereocenters. The third-order valence-electron chi connectivity index (χ3n) is 4.28. The van der Waals surface area contributed by atoms with Crippen molar-refractivity contribution in [1.29, 1.82) is 0 Å². The summed E-state index contributed by atoms with van der Waals surface area (Å²) in [5.74, 6) is 1.10. The number of rotatable bonds is 7. The molecule has 1 fully saturated rings. The summed E-state index contributed by atoms with van der Waals surface area (Å²) in [7, 11) is 4.04. The molecule has 2 atom stereocenters. The molecule has 5 nitrogen and oxygen atoms in total. The standard InChI is InChI=1S/C18H28N2O3/c1-4-9-23-17-8-6-5-7-16(17)18(22)20-11-14(10-19(2)3)15(12-20)13-21/h5-8,14-15,21H,4,9-13H2,1-3H3/t14-,15-/m1/s1. The number of aliphatic hydroxyl groups is 1. The normalized spacial score (nSPS) is 21.0. The number of ether oxygens (including phenoxy) is 1. The number of hydrogen-bond donors (Lipinski definition) is 1. The zero-order valence-corrected chi connectivity index (χ0v) is 14.4. The summed E-state index contributed by atoms with van der Waals surface area (Å²) in [5, 5.41) is 9.61. The number of carbonyl (C=O) groups is 1. The Kier molecular flexibility index (Phi) is 6.42. The van der Waals surface area contributed by atoms with Gasteiger partial charge in [0.25, 0.3) is 5.91 Å². The van der Waals surface area contributed by atoms with E-state index in [1.54, 1.807) is 0 Å². The van der Waals surface area contributed by atoms with Crippen LogP contribution in [0.15, 0.2) is 24.3 Å². The lowest BCUT2D eigenvalue weighted by Crippen LogP contribution is -2.31. The number of para-hydroxylation sites is 1. The van der Waals surface area contributed by atoms with E-state index in [2.05, 4.69) is 4.90 Å².